The van der Waals surface area contributed by atoms with Crippen LogP contribution >= 0.6 is 11.8 Å². The number of hydrogen-bond donors (Lipinski definition) is 1. The number of aryl methyl sites for hydroxylation is 1. The Balaban J connectivity index is 1.61. The zero-order valence-electron chi connectivity index (χ0n) is 12.5. The Labute approximate surface area is 136 Å². The highest BCUT2D eigenvalue weighted by Crippen LogP contribution is 2.22. The normalized spacial score (nSPS) is 11.3. The second kappa shape index (κ2) is 5.55. The summed E-state index contributed by atoms with van der Waals surface area (Å²) in [6.07, 6.45) is 1.73. The SMILES string of the molecule is Cc1ccc2nc(SCc3cc(=O)n4ccccc4n3)[nH]c2c1. The van der Waals surface area contributed by atoms with Gasteiger partial charge in [0.15, 0.2) is 5.16 Å². The van der Waals surface area contributed by atoms with E-state index in [9.17, 15) is 4.79 Å². The molecule has 23 heavy (non-hydrogen) atoms. The van der Waals surface area contributed by atoms with Gasteiger partial charge >= 0.3 is 0 Å². The third kappa shape index (κ3) is 2.73. The average Bonchev–Trinajstić information content (AvgIpc) is 2.95. The first-order chi connectivity index (χ1) is 11.2. The van der Waals surface area contributed by atoms with E-state index in [4.69, 9.17) is 0 Å². The highest BCUT2D eigenvalue weighted by Gasteiger charge is 2.06. The molecule has 0 aliphatic carbocycles. The van der Waals surface area contributed by atoms with Crippen molar-refractivity contribution in [2.24, 2.45) is 0 Å². The number of nitrogens with zero attached hydrogens (tertiary/aromatic N) is 3. The fourth-order valence-corrected chi connectivity index (χ4v) is 3.27. The minimum atomic E-state index is -0.0635. The van der Waals surface area contributed by atoms with Crippen molar-refractivity contribution in [3.63, 3.8) is 0 Å². The van der Waals surface area contributed by atoms with Crippen molar-refractivity contribution in [2.45, 2.75) is 17.8 Å². The standard InChI is InChI=1S/C17H14N4OS/c1-11-5-6-13-14(8-11)20-17(19-13)23-10-12-9-16(22)21-7-3-2-4-15(21)18-12/h2-9H,10H2,1H3,(H,19,20). The van der Waals surface area contributed by atoms with Gasteiger partial charge in [0.2, 0.25) is 0 Å². The molecule has 0 saturated carbocycles. The Morgan fingerprint density at radius 3 is 3.00 bits per heavy atom. The zero-order chi connectivity index (χ0) is 15.8. The van der Waals surface area contributed by atoms with E-state index in [1.807, 2.05) is 30.3 Å². The molecule has 0 bridgehead atoms. The van der Waals surface area contributed by atoms with E-state index in [0.717, 1.165) is 21.9 Å². The largest absolute Gasteiger partial charge is 0.333 e. The van der Waals surface area contributed by atoms with Gasteiger partial charge in [0.05, 0.1) is 16.7 Å². The van der Waals surface area contributed by atoms with Crippen LogP contribution in [0.25, 0.3) is 16.7 Å². The van der Waals surface area contributed by atoms with Gasteiger partial charge in [-0.1, -0.05) is 23.9 Å². The minimum Gasteiger partial charge on any atom is -0.333 e. The molecule has 0 aliphatic heterocycles. The average molecular weight is 322 g/mol. The smallest absolute Gasteiger partial charge is 0.258 e. The van der Waals surface area contributed by atoms with Gasteiger partial charge in [0, 0.05) is 18.0 Å². The summed E-state index contributed by atoms with van der Waals surface area (Å²) in [6, 6.07) is 13.2. The lowest BCUT2D eigenvalue weighted by Gasteiger charge is -2.02. The summed E-state index contributed by atoms with van der Waals surface area (Å²) in [5, 5.41) is 0.834. The molecule has 4 aromatic rings. The number of aromatic nitrogens is 4. The van der Waals surface area contributed by atoms with Crippen molar-refractivity contribution in [1.82, 2.24) is 19.4 Å². The Morgan fingerprint density at radius 1 is 1.17 bits per heavy atom. The van der Waals surface area contributed by atoms with Crippen LogP contribution in [0.5, 0.6) is 0 Å². The van der Waals surface area contributed by atoms with Gasteiger partial charge in [0.25, 0.3) is 5.56 Å². The van der Waals surface area contributed by atoms with Crippen molar-refractivity contribution in [2.75, 3.05) is 0 Å². The third-order valence-electron chi connectivity index (χ3n) is 3.60. The van der Waals surface area contributed by atoms with Crippen molar-refractivity contribution in [3.8, 4) is 0 Å². The van der Waals surface area contributed by atoms with Crippen LogP contribution in [0.1, 0.15) is 11.3 Å². The number of H-pyrrole nitrogens is 1. The number of pyridine rings is 1. The highest BCUT2D eigenvalue weighted by molar-refractivity contribution is 7.98. The molecule has 6 heteroatoms. The van der Waals surface area contributed by atoms with E-state index in [0.29, 0.717) is 11.4 Å². The predicted molar refractivity (Wildman–Crippen MR) is 91.9 cm³/mol. The van der Waals surface area contributed by atoms with E-state index in [-0.39, 0.29) is 5.56 Å². The van der Waals surface area contributed by atoms with Crippen LogP contribution in [0.2, 0.25) is 0 Å². The maximum atomic E-state index is 12.1. The maximum Gasteiger partial charge on any atom is 0.258 e. The van der Waals surface area contributed by atoms with E-state index < -0.39 is 0 Å². The molecule has 0 unspecified atom stereocenters. The van der Waals surface area contributed by atoms with Crippen LogP contribution in [0.15, 0.2) is 58.6 Å². The quantitative estimate of drug-likeness (QED) is 0.589. The summed E-state index contributed by atoms with van der Waals surface area (Å²) < 4.78 is 1.54. The maximum absolute atomic E-state index is 12.1. The number of rotatable bonds is 3. The van der Waals surface area contributed by atoms with Crippen molar-refractivity contribution in [3.05, 3.63) is 70.3 Å². The van der Waals surface area contributed by atoms with Crippen LogP contribution in [0.3, 0.4) is 0 Å². The van der Waals surface area contributed by atoms with Crippen LogP contribution in [0, 0.1) is 6.92 Å². The van der Waals surface area contributed by atoms with E-state index >= 15 is 0 Å². The summed E-state index contributed by atoms with van der Waals surface area (Å²) in [5.74, 6) is 0.597. The van der Waals surface area contributed by atoms with E-state index in [2.05, 4.69) is 27.9 Å². The number of thioether (sulfide) groups is 1. The Kier molecular flexibility index (Phi) is 3.38. The van der Waals surface area contributed by atoms with Gasteiger partial charge < -0.3 is 4.98 Å². The summed E-state index contributed by atoms with van der Waals surface area (Å²) >= 11 is 1.55. The summed E-state index contributed by atoms with van der Waals surface area (Å²) in [4.78, 5) is 24.4. The van der Waals surface area contributed by atoms with Gasteiger partial charge in [-0.05, 0) is 36.8 Å². The number of aromatic amines is 1. The molecule has 1 aromatic carbocycles. The summed E-state index contributed by atoms with van der Waals surface area (Å²) in [5.41, 5.74) is 4.52. The highest BCUT2D eigenvalue weighted by atomic mass is 32.2. The second-order valence-electron chi connectivity index (χ2n) is 5.37. The molecule has 4 rings (SSSR count). The third-order valence-corrected chi connectivity index (χ3v) is 4.50. The lowest BCUT2D eigenvalue weighted by Crippen LogP contribution is -2.14. The minimum absolute atomic E-state index is 0.0635. The second-order valence-corrected chi connectivity index (χ2v) is 6.33. The molecule has 0 fully saturated rings. The fourth-order valence-electron chi connectivity index (χ4n) is 2.49. The summed E-state index contributed by atoms with van der Waals surface area (Å²) in [7, 11) is 0. The van der Waals surface area contributed by atoms with Crippen LogP contribution in [-0.2, 0) is 5.75 Å². The monoisotopic (exact) mass is 322 g/mol. The first-order valence-electron chi connectivity index (χ1n) is 7.25. The number of imidazole rings is 1. The molecule has 5 nitrogen and oxygen atoms in total. The van der Waals surface area contributed by atoms with Crippen molar-refractivity contribution >= 4 is 28.4 Å². The molecule has 0 radical (unpaired) electrons. The van der Waals surface area contributed by atoms with Crippen LogP contribution in [0.4, 0.5) is 0 Å². The molecule has 0 spiro atoms. The molecule has 1 N–H and O–H groups in total. The lowest BCUT2D eigenvalue weighted by molar-refractivity contribution is 1.01. The number of hydrogen-bond acceptors (Lipinski definition) is 4. The van der Waals surface area contributed by atoms with Crippen LogP contribution in [-0.4, -0.2) is 19.4 Å². The van der Waals surface area contributed by atoms with Gasteiger partial charge in [-0.3, -0.25) is 9.20 Å². The molecular weight excluding hydrogens is 308 g/mol. The topological polar surface area (TPSA) is 63.1 Å². The molecule has 3 heterocycles. The van der Waals surface area contributed by atoms with Gasteiger partial charge in [0.1, 0.15) is 5.65 Å². The number of nitrogens with one attached hydrogen (secondary N) is 1. The van der Waals surface area contributed by atoms with Crippen molar-refractivity contribution in [1.29, 1.82) is 0 Å². The Hall–Kier alpha value is -2.60. The first kappa shape index (κ1) is 14.0. The van der Waals surface area contributed by atoms with E-state index in [1.165, 1.54) is 9.96 Å². The zero-order valence-corrected chi connectivity index (χ0v) is 13.3. The summed E-state index contributed by atoms with van der Waals surface area (Å²) in [6.45, 7) is 2.06. The number of benzene rings is 1. The molecule has 0 atom stereocenters. The van der Waals surface area contributed by atoms with Gasteiger partial charge in [-0.15, -0.1) is 0 Å². The van der Waals surface area contributed by atoms with Crippen LogP contribution < -0.4 is 5.56 Å². The van der Waals surface area contributed by atoms with Gasteiger partial charge in [-0.2, -0.15) is 0 Å². The molecule has 0 amide bonds. The predicted octanol–water partition coefficient (Wildman–Crippen LogP) is 3.17. The van der Waals surface area contributed by atoms with Gasteiger partial charge in [-0.25, -0.2) is 9.97 Å². The molecule has 114 valence electrons. The Bertz CT molecular complexity index is 1070. The molecule has 3 aromatic heterocycles. The molecular formula is C17H14N4OS. The fraction of sp³-hybridized carbons (Fsp3) is 0.118. The van der Waals surface area contributed by atoms with Crippen molar-refractivity contribution < 1.29 is 0 Å². The molecule has 0 saturated heterocycles. The number of fused-ring (bicyclic) bond motifs is 2. The first-order valence-corrected chi connectivity index (χ1v) is 8.24. The molecule has 0 aliphatic rings. The lowest BCUT2D eigenvalue weighted by atomic mass is 10.2. The Morgan fingerprint density at radius 2 is 2.09 bits per heavy atom. The van der Waals surface area contributed by atoms with E-state index in [1.54, 1.807) is 24.0 Å².